The van der Waals surface area contributed by atoms with Gasteiger partial charge in [-0.25, -0.2) is 0 Å². The van der Waals surface area contributed by atoms with E-state index in [0.717, 1.165) is 13.0 Å². The third-order valence-corrected chi connectivity index (χ3v) is 2.99. The van der Waals surface area contributed by atoms with Crippen LogP contribution in [0.2, 0.25) is 0 Å². The van der Waals surface area contributed by atoms with Gasteiger partial charge in [-0.1, -0.05) is 33.1 Å². The highest BCUT2D eigenvalue weighted by Crippen LogP contribution is 2.13. The van der Waals surface area contributed by atoms with E-state index in [9.17, 15) is 4.79 Å². The summed E-state index contributed by atoms with van der Waals surface area (Å²) >= 11 is 0. The van der Waals surface area contributed by atoms with Crippen LogP contribution in [0.4, 0.5) is 0 Å². The number of rotatable bonds is 8. The maximum absolute atomic E-state index is 11.1. The fraction of sp³-hybridized carbons (Fsp3) is 0.917. The van der Waals surface area contributed by atoms with Gasteiger partial charge in [0.05, 0.1) is 5.54 Å². The van der Waals surface area contributed by atoms with Crippen molar-refractivity contribution in [2.24, 2.45) is 11.7 Å². The summed E-state index contributed by atoms with van der Waals surface area (Å²) in [7, 11) is 0. The summed E-state index contributed by atoms with van der Waals surface area (Å²) < 4.78 is 0. The molecule has 0 aromatic rings. The molecule has 0 aliphatic heterocycles. The van der Waals surface area contributed by atoms with Crippen LogP contribution < -0.4 is 11.1 Å². The number of amides is 1. The van der Waals surface area contributed by atoms with Crippen LogP contribution in [-0.4, -0.2) is 18.0 Å². The molecular weight excluding hydrogens is 188 g/mol. The van der Waals surface area contributed by atoms with E-state index in [2.05, 4.69) is 19.2 Å². The number of nitrogens with one attached hydrogen (secondary N) is 1. The standard InChI is InChI=1S/C12H26N2O/c1-5-7-8-10(6-2)9-14-12(3,4)11(13)15/h10,14H,5-9H2,1-4H3,(H2,13,15). The second-order valence-corrected chi connectivity index (χ2v) is 4.79. The Morgan fingerprint density at radius 3 is 2.40 bits per heavy atom. The molecule has 3 nitrogen and oxygen atoms in total. The number of nitrogens with two attached hydrogens (primary N) is 1. The van der Waals surface area contributed by atoms with Crippen LogP contribution in [-0.2, 0) is 4.79 Å². The fourth-order valence-electron chi connectivity index (χ4n) is 1.43. The molecular formula is C12H26N2O. The minimum absolute atomic E-state index is 0.284. The summed E-state index contributed by atoms with van der Waals surface area (Å²) in [4.78, 5) is 11.1. The van der Waals surface area contributed by atoms with E-state index < -0.39 is 5.54 Å². The van der Waals surface area contributed by atoms with Crippen molar-refractivity contribution in [1.82, 2.24) is 5.32 Å². The molecule has 0 bridgehead atoms. The molecule has 0 aliphatic rings. The van der Waals surface area contributed by atoms with Crippen molar-refractivity contribution in [3.8, 4) is 0 Å². The SMILES string of the molecule is CCCCC(CC)CNC(C)(C)C(N)=O. The minimum atomic E-state index is -0.584. The summed E-state index contributed by atoms with van der Waals surface area (Å²) in [5.41, 5.74) is 4.71. The van der Waals surface area contributed by atoms with Crippen molar-refractivity contribution >= 4 is 5.91 Å². The maximum atomic E-state index is 11.1. The molecule has 0 fully saturated rings. The molecule has 0 radical (unpaired) electrons. The quantitative estimate of drug-likeness (QED) is 0.650. The highest BCUT2D eigenvalue weighted by atomic mass is 16.1. The first-order valence-corrected chi connectivity index (χ1v) is 5.99. The third kappa shape index (κ3) is 5.78. The number of hydrogen-bond donors (Lipinski definition) is 2. The van der Waals surface area contributed by atoms with Crippen molar-refractivity contribution in [2.45, 2.75) is 58.9 Å². The highest BCUT2D eigenvalue weighted by Gasteiger charge is 2.24. The smallest absolute Gasteiger partial charge is 0.237 e. The minimum Gasteiger partial charge on any atom is -0.368 e. The summed E-state index contributed by atoms with van der Waals surface area (Å²) in [6.07, 6.45) is 4.88. The summed E-state index contributed by atoms with van der Waals surface area (Å²) in [6, 6.07) is 0. The molecule has 0 aromatic heterocycles. The Labute approximate surface area is 93.8 Å². The van der Waals surface area contributed by atoms with Crippen LogP contribution in [0, 0.1) is 5.92 Å². The van der Waals surface area contributed by atoms with Crippen LogP contribution in [0.1, 0.15) is 53.4 Å². The summed E-state index contributed by atoms with van der Waals surface area (Å²) in [5.74, 6) is 0.372. The fourth-order valence-corrected chi connectivity index (χ4v) is 1.43. The van der Waals surface area contributed by atoms with E-state index in [1.165, 1.54) is 19.3 Å². The van der Waals surface area contributed by atoms with Gasteiger partial charge in [0.1, 0.15) is 0 Å². The first kappa shape index (κ1) is 14.4. The topological polar surface area (TPSA) is 55.1 Å². The van der Waals surface area contributed by atoms with Gasteiger partial charge in [0.25, 0.3) is 0 Å². The highest BCUT2D eigenvalue weighted by molar-refractivity contribution is 5.83. The van der Waals surface area contributed by atoms with E-state index in [4.69, 9.17) is 5.73 Å². The van der Waals surface area contributed by atoms with Crippen molar-refractivity contribution in [2.75, 3.05) is 6.54 Å². The molecule has 0 aromatic carbocycles. The molecule has 1 amide bonds. The Morgan fingerprint density at radius 2 is 2.00 bits per heavy atom. The van der Waals surface area contributed by atoms with Crippen LogP contribution in [0.5, 0.6) is 0 Å². The van der Waals surface area contributed by atoms with Crippen LogP contribution in [0.25, 0.3) is 0 Å². The lowest BCUT2D eigenvalue weighted by Crippen LogP contribution is -2.51. The van der Waals surface area contributed by atoms with Crippen LogP contribution in [0.15, 0.2) is 0 Å². The predicted octanol–water partition coefficient (Wildman–Crippen LogP) is 2.06. The van der Waals surface area contributed by atoms with E-state index in [0.29, 0.717) is 5.92 Å². The lowest BCUT2D eigenvalue weighted by Gasteiger charge is -2.25. The number of primary amides is 1. The molecule has 15 heavy (non-hydrogen) atoms. The number of carbonyl (C=O) groups excluding carboxylic acids is 1. The van der Waals surface area contributed by atoms with Crippen molar-refractivity contribution in [3.05, 3.63) is 0 Å². The first-order valence-electron chi connectivity index (χ1n) is 5.99. The first-order chi connectivity index (χ1) is 6.94. The Hall–Kier alpha value is -0.570. The normalized spacial score (nSPS) is 13.9. The number of carbonyl (C=O) groups is 1. The molecule has 0 aliphatic carbocycles. The van der Waals surface area contributed by atoms with Crippen molar-refractivity contribution in [3.63, 3.8) is 0 Å². The molecule has 0 saturated heterocycles. The lowest BCUT2D eigenvalue weighted by molar-refractivity contribution is -0.123. The van der Waals surface area contributed by atoms with Gasteiger partial charge in [-0.2, -0.15) is 0 Å². The summed E-state index contributed by atoms with van der Waals surface area (Å²) in [6.45, 7) is 8.95. The van der Waals surface area contributed by atoms with E-state index in [1.54, 1.807) is 0 Å². The van der Waals surface area contributed by atoms with Gasteiger partial charge in [0.15, 0.2) is 0 Å². The van der Waals surface area contributed by atoms with Crippen molar-refractivity contribution in [1.29, 1.82) is 0 Å². The molecule has 3 heteroatoms. The maximum Gasteiger partial charge on any atom is 0.237 e. The molecule has 3 N–H and O–H groups in total. The van der Waals surface area contributed by atoms with Gasteiger partial charge in [-0.05, 0) is 32.7 Å². The van der Waals surface area contributed by atoms with E-state index in [-0.39, 0.29) is 5.91 Å². The Balaban J connectivity index is 3.94. The molecule has 0 saturated carbocycles. The van der Waals surface area contributed by atoms with Gasteiger partial charge < -0.3 is 11.1 Å². The largest absolute Gasteiger partial charge is 0.368 e. The molecule has 1 unspecified atom stereocenters. The molecule has 0 rings (SSSR count). The number of unbranched alkanes of at least 4 members (excludes halogenated alkanes) is 1. The van der Waals surface area contributed by atoms with Gasteiger partial charge in [0, 0.05) is 0 Å². The Kier molecular flexibility index (Phi) is 6.57. The zero-order valence-corrected chi connectivity index (χ0v) is 10.6. The van der Waals surface area contributed by atoms with Gasteiger partial charge in [-0.15, -0.1) is 0 Å². The van der Waals surface area contributed by atoms with Gasteiger partial charge in [-0.3, -0.25) is 4.79 Å². The van der Waals surface area contributed by atoms with E-state index >= 15 is 0 Å². The predicted molar refractivity (Wildman–Crippen MR) is 64.6 cm³/mol. The number of hydrogen-bond acceptors (Lipinski definition) is 2. The Bertz CT molecular complexity index is 190. The molecule has 0 spiro atoms. The van der Waals surface area contributed by atoms with Crippen molar-refractivity contribution < 1.29 is 4.79 Å². The second kappa shape index (κ2) is 6.83. The average Bonchev–Trinajstić information content (AvgIpc) is 2.18. The molecule has 90 valence electrons. The van der Waals surface area contributed by atoms with Crippen LogP contribution in [0.3, 0.4) is 0 Å². The van der Waals surface area contributed by atoms with Gasteiger partial charge >= 0.3 is 0 Å². The van der Waals surface area contributed by atoms with Crippen LogP contribution >= 0.6 is 0 Å². The lowest BCUT2D eigenvalue weighted by atomic mass is 9.97. The van der Waals surface area contributed by atoms with E-state index in [1.807, 2.05) is 13.8 Å². The molecule has 0 heterocycles. The second-order valence-electron chi connectivity index (χ2n) is 4.79. The zero-order valence-electron chi connectivity index (χ0n) is 10.6. The Morgan fingerprint density at radius 1 is 1.40 bits per heavy atom. The van der Waals surface area contributed by atoms with Gasteiger partial charge in [0.2, 0.25) is 5.91 Å². The third-order valence-electron chi connectivity index (χ3n) is 2.99. The summed E-state index contributed by atoms with van der Waals surface area (Å²) in [5, 5.41) is 3.24. The zero-order chi connectivity index (χ0) is 11.9. The molecule has 1 atom stereocenters. The average molecular weight is 214 g/mol. The monoisotopic (exact) mass is 214 g/mol.